The van der Waals surface area contributed by atoms with E-state index in [1.165, 1.54) is 6.33 Å². The molecule has 4 heteroatoms. The average molecular weight is 221 g/mol. The molecule has 88 valence electrons. The molecule has 0 aliphatic carbocycles. The van der Waals surface area contributed by atoms with E-state index in [1.54, 1.807) is 12.4 Å². The van der Waals surface area contributed by atoms with Crippen molar-refractivity contribution in [2.75, 3.05) is 6.54 Å². The number of nitrogens with zero attached hydrogens (tertiary/aromatic N) is 2. The first-order valence-electron chi connectivity index (χ1n) is 5.76. The molecule has 2 N–H and O–H groups in total. The smallest absolute Gasteiger partial charge is 0.165 e. The van der Waals surface area contributed by atoms with E-state index in [-0.39, 0.29) is 5.78 Å². The predicted molar refractivity (Wildman–Crippen MR) is 63.0 cm³/mol. The number of hydrogen-bond acceptors (Lipinski definition) is 4. The van der Waals surface area contributed by atoms with E-state index in [0.717, 1.165) is 19.3 Å². The lowest BCUT2D eigenvalue weighted by Gasteiger charge is -2.12. The highest BCUT2D eigenvalue weighted by atomic mass is 16.1. The molecule has 16 heavy (non-hydrogen) atoms. The van der Waals surface area contributed by atoms with Crippen molar-refractivity contribution in [2.24, 2.45) is 11.7 Å². The minimum Gasteiger partial charge on any atom is -0.330 e. The Morgan fingerprint density at radius 3 is 2.62 bits per heavy atom. The van der Waals surface area contributed by atoms with Crippen LogP contribution in [0, 0.1) is 5.92 Å². The van der Waals surface area contributed by atoms with Crippen molar-refractivity contribution in [1.82, 2.24) is 9.97 Å². The second-order valence-corrected chi connectivity index (χ2v) is 3.94. The molecule has 1 aromatic heterocycles. The Bertz CT molecular complexity index is 313. The summed E-state index contributed by atoms with van der Waals surface area (Å²) in [6, 6.07) is 0. The maximum atomic E-state index is 11.8. The van der Waals surface area contributed by atoms with Crippen molar-refractivity contribution in [3.05, 3.63) is 24.3 Å². The molecule has 1 atom stereocenters. The molecule has 0 aromatic carbocycles. The predicted octanol–water partition coefficient (Wildman–Crippen LogP) is 1.81. The Balaban J connectivity index is 2.40. The number of carbonyl (C=O) groups is 1. The summed E-state index contributed by atoms with van der Waals surface area (Å²) < 4.78 is 0. The van der Waals surface area contributed by atoms with Crippen molar-refractivity contribution >= 4 is 5.78 Å². The summed E-state index contributed by atoms with van der Waals surface area (Å²) >= 11 is 0. The van der Waals surface area contributed by atoms with Gasteiger partial charge in [0.05, 0.1) is 5.56 Å². The fraction of sp³-hybridized carbons (Fsp3) is 0.583. The van der Waals surface area contributed by atoms with Crippen molar-refractivity contribution in [2.45, 2.75) is 32.6 Å². The number of aromatic nitrogens is 2. The Morgan fingerprint density at radius 2 is 2.06 bits per heavy atom. The fourth-order valence-electron chi connectivity index (χ4n) is 1.71. The zero-order valence-electron chi connectivity index (χ0n) is 9.72. The van der Waals surface area contributed by atoms with Gasteiger partial charge in [0.1, 0.15) is 6.33 Å². The van der Waals surface area contributed by atoms with Crippen LogP contribution in [0.1, 0.15) is 43.0 Å². The second kappa shape index (κ2) is 7.06. The molecule has 0 aliphatic rings. The number of ketones is 1. The first kappa shape index (κ1) is 12.8. The first-order chi connectivity index (χ1) is 7.77. The van der Waals surface area contributed by atoms with Gasteiger partial charge >= 0.3 is 0 Å². The van der Waals surface area contributed by atoms with Crippen LogP contribution in [0.3, 0.4) is 0 Å². The number of hydrogen-bond donors (Lipinski definition) is 1. The van der Waals surface area contributed by atoms with E-state index in [0.29, 0.717) is 24.4 Å². The summed E-state index contributed by atoms with van der Waals surface area (Å²) in [5.74, 6) is 0.676. The van der Waals surface area contributed by atoms with Crippen LogP contribution in [0.4, 0.5) is 0 Å². The van der Waals surface area contributed by atoms with Gasteiger partial charge in [0.25, 0.3) is 0 Å². The fourth-order valence-corrected chi connectivity index (χ4v) is 1.71. The Labute approximate surface area is 96.3 Å². The molecule has 0 saturated heterocycles. The molecule has 4 nitrogen and oxygen atoms in total. The van der Waals surface area contributed by atoms with E-state index in [1.807, 2.05) is 0 Å². The normalized spacial score (nSPS) is 12.4. The monoisotopic (exact) mass is 221 g/mol. The van der Waals surface area contributed by atoms with Crippen LogP contribution < -0.4 is 5.73 Å². The molecule has 0 spiro atoms. The Kier molecular flexibility index (Phi) is 5.64. The maximum Gasteiger partial charge on any atom is 0.165 e. The van der Waals surface area contributed by atoms with E-state index in [2.05, 4.69) is 16.9 Å². The third-order valence-corrected chi connectivity index (χ3v) is 2.81. The molecule has 0 fully saturated rings. The minimum absolute atomic E-state index is 0.121. The van der Waals surface area contributed by atoms with Gasteiger partial charge in [-0.15, -0.1) is 0 Å². The molecule has 1 rings (SSSR count). The van der Waals surface area contributed by atoms with Crippen molar-refractivity contribution < 1.29 is 4.79 Å². The van der Waals surface area contributed by atoms with Crippen LogP contribution in [0.2, 0.25) is 0 Å². The topological polar surface area (TPSA) is 68.9 Å². The molecule has 1 heterocycles. The van der Waals surface area contributed by atoms with Gasteiger partial charge in [-0.05, 0) is 25.3 Å². The van der Waals surface area contributed by atoms with Crippen LogP contribution in [0.5, 0.6) is 0 Å². The van der Waals surface area contributed by atoms with Gasteiger partial charge in [0, 0.05) is 18.8 Å². The van der Waals surface area contributed by atoms with Crippen LogP contribution in [0.25, 0.3) is 0 Å². The number of carbonyl (C=O) groups excluding carboxylic acids is 1. The quantitative estimate of drug-likeness (QED) is 0.713. The molecule has 0 bridgehead atoms. The average Bonchev–Trinajstić information content (AvgIpc) is 2.35. The lowest BCUT2D eigenvalue weighted by Crippen LogP contribution is -2.10. The van der Waals surface area contributed by atoms with E-state index < -0.39 is 0 Å². The molecule has 1 unspecified atom stereocenters. The summed E-state index contributed by atoms with van der Waals surface area (Å²) in [6.45, 7) is 2.83. The molecule has 0 saturated carbocycles. The molecule has 1 aromatic rings. The number of Topliss-reactive ketones (excluding diaryl/α,β-unsaturated/α-hetero) is 1. The lowest BCUT2D eigenvalue weighted by molar-refractivity contribution is 0.0972. The highest BCUT2D eigenvalue weighted by Crippen LogP contribution is 2.16. The van der Waals surface area contributed by atoms with Crippen molar-refractivity contribution in [1.29, 1.82) is 0 Å². The number of rotatable bonds is 7. The van der Waals surface area contributed by atoms with Gasteiger partial charge in [-0.2, -0.15) is 0 Å². The van der Waals surface area contributed by atoms with Crippen molar-refractivity contribution in [3.63, 3.8) is 0 Å². The molecule has 0 aliphatic heterocycles. The summed E-state index contributed by atoms with van der Waals surface area (Å²) in [5.41, 5.74) is 6.12. The molecular weight excluding hydrogens is 202 g/mol. The third-order valence-electron chi connectivity index (χ3n) is 2.81. The summed E-state index contributed by atoms with van der Waals surface area (Å²) in [7, 11) is 0. The van der Waals surface area contributed by atoms with Crippen LogP contribution in [-0.4, -0.2) is 22.3 Å². The standard InChI is InChI=1S/C12H19N3O/c1-2-10(5-6-13)3-4-12(16)11-7-14-9-15-8-11/h7-10H,2-6,13H2,1H3. The highest BCUT2D eigenvalue weighted by molar-refractivity contribution is 5.95. The van der Waals surface area contributed by atoms with Gasteiger partial charge in [-0.3, -0.25) is 4.79 Å². The maximum absolute atomic E-state index is 11.8. The van der Waals surface area contributed by atoms with Crippen molar-refractivity contribution in [3.8, 4) is 0 Å². The number of nitrogens with two attached hydrogens (primary N) is 1. The Hall–Kier alpha value is -1.29. The van der Waals surface area contributed by atoms with Crippen LogP contribution >= 0.6 is 0 Å². The SMILES string of the molecule is CCC(CCN)CCC(=O)c1cncnc1. The Morgan fingerprint density at radius 1 is 1.38 bits per heavy atom. The first-order valence-corrected chi connectivity index (χ1v) is 5.76. The molecule has 0 radical (unpaired) electrons. The summed E-state index contributed by atoms with van der Waals surface area (Å²) in [6.07, 6.45) is 8.11. The highest BCUT2D eigenvalue weighted by Gasteiger charge is 2.10. The summed E-state index contributed by atoms with van der Waals surface area (Å²) in [5, 5.41) is 0. The van der Waals surface area contributed by atoms with E-state index in [9.17, 15) is 4.79 Å². The third kappa shape index (κ3) is 4.06. The van der Waals surface area contributed by atoms with Gasteiger partial charge in [0.15, 0.2) is 5.78 Å². The largest absolute Gasteiger partial charge is 0.330 e. The molecular formula is C12H19N3O. The van der Waals surface area contributed by atoms with E-state index in [4.69, 9.17) is 5.73 Å². The second-order valence-electron chi connectivity index (χ2n) is 3.94. The zero-order chi connectivity index (χ0) is 11.8. The van der Waals surface area contributed by atoms with Crippen LogP contribution in [-0.2, 0) is 0 Å². The van der Waals surface area contributed by atoms with Gasteiger partial charge < -0.3 is 5.73 Å². The molecule has 0 amide bonds. The zero-order valence-corrected chi connectivity index (χ0v) is 9.72. The van der Waals surface area contributed by atoms with E-state index >= 15 is 0 Å². The minimum atomic E-state index is 0.121. The lowest BCUT2D eigenvalue weighted by atomic mass is 9.94. The van der Waals surface area contributed by atoms with Gasteiger partial charge in [-0.1, -0.05) is 13.3 Å². The summed E-state index contributed by atoms with van der Waals surface area (Å²) in [4.78, 5) is 19.4. The van der Waals surface area contributed by atoms with Crippen LogP contribution in [0.15, 0.2) is 18.7 Å². The van der Waals surface area contributed by atoms with Gasteiger partial charge in [0.2, 0.25) is 0 Å². The van der Waals surface area contributed by atoms with Gasteiger partial charge in [-0.25, -0.2) is 9.97 Å².